The minimum Gasteiger partial charge on any atom is -0.483 e. The lowest BCUT2D eigenvalue weighted by Gasteiger charge is -2.22. The predicted molar refractivity (Wildman–Crippen MR) is 125 cm³/mol. The van der Waals surface area contributed by atoms with E-state index in [1.54, 1.807) is 30.3 Å². The van der Waals surface area contributed by atoms with Gasteiger partial charge >= 0.3 is 0 Å². The third kappa shape index (κ3) is 8.85. The van der Waals surface area contributed by atoms with Gasteiger partial charge in [-0.3, -0.25) is 9.59 Å². The third-order valence-corrected chi connectivity index (χ3v) is 4.75. The normalized spacial score (nSPS) is 17.5. The number of amides is 1. The molecule has 3 rings (SSSR count). The van der Waals surface area contributed by atoms with Crippen LogP contribution in [0.5, 0.6) is 0 Å². The Morgan fingerprint density at radius 3 is 2.16 bits per heavy atom. The van der Waals surface area contributed by atoms with E-state index in [0.717, 1.165) is 5.56 Å². The Morgan fingerprint density at radius 2 is 1.61 bits per heavy atom. The van der Waals surface area contributed by atoms with Crippen molar-refractivity contribution in [2.45, 2.75) is 39.5 Å². The molecule has 2 atom stereocenters. The van der Waals surface area contributed by atoms with Crippen LogP contribution < -0.4 is 10.6 Å². The maximum Gasteiger partial charge on any atom is 0.290 e. The summed E-state index contributed by atoms with van der Waals surface area (Å²) >= 11 is 11.9. The molecular formula is C23H29Cl2FN2O3. The van der Waals surface area contributed by atoms with E-state index in [-0.39, 0.29) is 29.1 Å². The molecule has 1 unspecified atom stereocenters. The second kappa shape index (κ2) is 12.6. The molecule has 0 saturated carbocycles. The number of benzene rings is 2. The number of rotatable bonds is 4. The molecule has 1 heterocycles. The summed E-state index contributed by atoms with van der Waals surface area (Å²) in [6, 6.07) is 10.4. The molecule has 5 nitrogen and oxygen atoms in total. The summed E-state index contributed by atoms with van der Waals surface area (Å²) in [5, 5.41) is 13.5. The van der Waals surface area contributed by atoms with Crippen LogP contribution in [0.15, 0.2) is 36.4 Å². The first-order valence-electron chi connectivity index (χ1n) is 9.75. The average Bonchev–Trinajstić information content (AvgIpc) is 3.13. The van der Waals surface area contributed by atoms with Crippen LogP contribution >= 0.6 is 23.2 Å². The van der Waals surface area contributed by atoms with E-state index in [1.165, 1.54) is 0 Å². The van der Waals surface area contributed by atoms with Gasteiger partial charge in [-0.15, -0.1) is 0 Å². The largest absolute Gasteiger partial charge is 0.483 e. The van der Waals surface area contributed by atoms with E-state index in [1.807, 2.05) is 6.07 Å². The van der Waals surface area contributed by atoms with Crippen molar-refractivity contribution in [3.05, 3.63) is 63.4 Å². The molecule has 0 spiro atoms. The first-order chi connectivity index (χ1) is 14.5. The topological polar surface area (TPSA) is 78.4 Å². The molecule has 0 aliphatic carbocycles. The number of carbonyl (C=O) groups excluding carboxylic acids is 1. The average molecular weight is 471 g/mol. The fourth-order valence-corrected chi connectivity index (χ4v) is 3.53. The van der Waals surface area contributed by atoms with E-state index >= 15 is 0 Å². The lowest BCUT2D eigenvalue weighted by molar-refractivity contribution is -0.122. The van der Waals surface area contributed by atoms with Crippen LogP contribution in [0.4, 0.5) is 10.1 Å². The van der Waals surface area contributed by atoms with Gasteiger partial charge in [0.1, 0.15) is 5.82 Å². The fraction of sp³-hybridized carbons (Fsp3) is 0.391. The number of hydrogen-bond donors (Lipinski definition) is 3. The van der Waals surface area contributed by atoms with Crippen LogP contribution in [-0.2, 0) is 9.59 Å². The van der Waals surface area contributed by atoms with Gasteiger partial charge in [0.25, 0.3) is 6.47 Å². The standard InChI is InChI=1S/C17H15Cl2FN2O.C5H12.CH2O2/c18-10-4-5-11(16(6-10)22-9-23)13-7-21-8-14(13)12-2-1-3-15(19)17(12)20;1-5(2,3)4;2-1-3/h1-6,9,13-14,21H,7-8H2,(H,22,23);1-4H3;1H,(H,2,3)/t13?,14-;;/m1../s1. The highest BCUT2D eigenvalue weighted by Gasteiger charge is 2.33. The summed E-state index contributed by atoms with van der Waals surface area (Å²) in [6.45, 7) is 9.83. The van der Waals surface area contributed by atoms with Gasteiger partial charge in [-0.25, -0.2) is 4.39 Å². The molecule has 0 bridgehead atoms. The Balaban J connectivity index is 0.000000519. The molecule has 1 fully saturated rings. The Kier molecular flexibility index (Phi) is 11.0. The van der Waals surface area contributed by atoms with Crippen LogP contribution in [0.1, 0.15) is 50.7 Å². The monoisotopic (exact) mass is 470 g/mol. The first kappa shape index (κ1) is 26.9. The van der Waals surface area contributed by atoms with Crippen molar-refractivity contribution < 1.29 is 19.1 Å². The van der Waals surface area contributed by atoms with Crippen LogP contribution in [0.2, 0.25) is 10.0 Å². The lowest BCUT2D eigenvalue weighted by Crippen LogP contribution is -2.13. The molecule has 8 heteroatoms. The SMILES string of the molecule is CC(C)(C)C.O=CNc1cc(Cl)ccc1C1CNC[C@@H]1c1cccc(Cl)c1F.O=CO. The molecule has 2 aromatic rings. The van der Waals surface area contributed by atoms with E-state index < -0.39 is 0 Å². The molecule has 0 radical (unpaired) electrons. The number of hydrogen-bond acceptors (Lipinski definition) is 3. The van der Waals surface area contributed by atoms with Gasteiger partial charge in [-0.1, -0.05) is 69.1 Å². The quantitative estimate of drug-likeness (QED) is 0.484. The van der Waals surface area contributed by atoms with E-state index in [0.29, 0.717) is 41.2 Å². The number of carbonyl (C=O) groups is 2. The highest BCUT2D eigenvalue weighted by atomic mass is 35.5. The van der Waals surface area contributed by atoms with E-state index in [4.69, 9.17) is 33.1 Å². The molecule has 2 aromatic carbocycles. The zero-order valence-electron chi connectivity index (χ0n) is 18.1. The highest BCUT2D eigenvalue weighted by molar-refractivity contribution is 6.31. The molecule has 1 aliphatic heterocycles. The van der Waals surface area contributed by atoms with Crippen molar-refractivity contribution in [1.29, 1.82) is 0 Å². The van der Waals surface area contributed by atoms with Crippen molar-refractivity contribution >= 4 is 41.8 Å². The second-order valence-electron chi connectivity index (χ2n) is 8.61. The van der Waals surface area contributed by atoms with Crippen molar-refractivity contribution in [2.24, 2.45) is 5.41 Å². The lowest BCUT2D eigenvalue weighted by atomic mass is 9.83. The molecule has 1 saturated heterocycles. The van der Waals surface area contributed by atoms with Gasteiger partial charge in [-0.05, 0) is 34.7 Å². The minimum atomic E-state index is -0.383. The summed E-state index contributed by atoms with van der Waals surface area (Å²) in [5.74, 6) is -0.434. The van der Waals surface area contributed by atoms with Gasteiger partial charge in [0.2, 0.25) is 6.41 Å². The van der Waals surface area contributed by atoms with Gasteiger partial charge in [0.05, 0.1) is 5.02 Å². The Hall–Kier alpha value is -2.15. The van der Waals surface area contributed by atoms with Crippen molar-refractivity contribution in [3.63, 3.8) is 0 Å². The van der Waals surface area contributed by atoms with Crippen molar-refractivity contribution in [3.8, 4) is 0 Å². The van der Waals surface area contributed by atoms with Crippen LogP contribution in [0, 0.1) is 11.2 Å². The van der Waals surface area contributed by atoms with Gasteiger partial charge < -0.3 is 15.7 Å². The minimum absolute atomic E-state index is 0.0164. The van der Waals surface area contributed by atoms with E-state index in [9.17, 15) is 9.18 Å². The number of nitrogens with one attached hydrogen (secondary N) is 2. The van der Waals surface area contributed by atoms with Gasteiger partial charge in [-0.2, -0.15) is 0 Å². The molecule has 170 valence electrons. The first-order valence-corrected chi connectivity index (χ1v) is 10.5. The molecule has 1 aliphatic rings. The van der Waals surface area contributed by atoms with Gasteiger partial charge in [0.15, 0.2) is 0 Å². The van der Waals surface area contributed by atoms with Crippen molar-refractivity contribution in [1.82, 2.24) is 5.32 Å². The van der Waals surface area contributed by atoms with Crippen LogP contribution in [0.3, 0.4) is 0 Å². The van der Waals surface area contributed by atoms with Crippen molar-refractivity contribution in [2.75, 3.05) is 18.4 Å². The number of anilines is 1. The Morgan fingerprint density at radius 1 is 1.06 bits per heavy atom. The molecule has 31 heavy (non-hydrogen) atoms. The summed E-state index contributed by atoms with van der Waals surface area (Å²) in [4.78, 5) is 19.2. The molecular weight excluding hydrogens is 442 g/mol. The predicted octanol–water partition coefficient (Wildman–Crippen LogP) is 5.92. The number of halogens is 3. The molecule has 0 aromatic heterocycles. The van der Waals surface area contributed by atoms with Crippen LogP contribution in [0.25, 0.3) is 0 Å². The Bertz CT molecular complexity index is 866. The summed E-state index contributed by atoms with van der Waals surface area (Å²) in [6.07, 6.45) is 0.618. The fourth-order valence-electron chi connectivity index (χ4n) is 3.18. The van der Waals surface area contributed by atoms with E-state index in [2.05, 4.69) is 38.3 Å². The molecule has 1 amide bonds. The zero-order valence-corrected chi connectivity index (χ0v) is 19.6. The summed E-state index contributed by atoms with van der Waals surface area (Å²) in [5.41, 5.74) is 2.66. The second-order valence-corrected chi connectivity index (χ2v) is 9.46. The maximum absolute atomic E-state index is 14.4. The third-order valence-electron chi connectivity index (χ3n) is 4.22. The zero-order chi connectivity index (χ0) is 23.6. The summed E-state index contributed by atoms with van der Waals surface area (Å²) in [7, 11) is 0. The number of carboxylic acid groups (broad SMARTS) is 1. The van der Waals surface area contributed by atoms with Crippen LogP contribution in [-0.4, -0.2) is 31.1 Å². The summed E-state index contributed by atoms with van der Waals surface area (Å²) < 4.78 is 14.4. The highest BCUT2D eigenvalue weighted by Crippen LogP contribution is 2.41. The Labute approximate surface area is 192 Å². The van der Waals surface area contributed by atoms with Gasteiger partial charge in [0, 0.05) is 35.6 Å². The maximum atomic E-state index is 14.4. The molecule has 3 N–H and O–H groups in total. The smallest absolute Gasteiger partial charge is 0.290 e.